The van der Waals surface area contributed by atoms with Gasteiger partial charge in [0.2, 0.25) is 0 Å². The molecular weight excluding hydrogens is 236 g/mol. The number of aromatic nitrogens is 1. The van der Waals surface area contributed by atoms with Gasteiger partial charge in [-0.25, -0.2) is 0 Å². The summed E-state index contributed by atoms with van der Waals surface area (Å²) in [5, 5.41) is 19.5. The Balaban J connectivity index is 2.16. The van der Waals surface area contributed by atoms with Gasteiger partial charge in [0, 0.05) is 11.6 Å². The Kier molecular flexibility index (Phi) is 2.62. The van der Waals surface area contributed by atoms with Crippen molar-refractivity contribution < 1.29 is 5.11 Å². The van der Waals surface area contributed by atoms with Crippen molar-refractivity contribution in [2.75, 3.05) is 0 Å². The molecule has 1 heterocycles. The summed E-state index contributed by atoms with van der Waals surface area (Å²) in [7, 11) is 0. The molecule has 90 valence electrons. The number of aromatic hydroxyl groups is 1. The third-order valence-corrected chi connectivity index (χ3v) is 3.05. The van der Waals surface area contributed by atoms with E-state index < -0.39 is 0 Å². The highest BCUT2D eigenvalue weighted by Crippen LogP contribution is 2.27. The standard InChI is InChI=1S/C16H10N2O/c17-10-14-9-12(4-6-16(14)19)11-3-5-15-13(8-11)2-1-7-18-15/h1-9,19H. The summed E-state index contributed by atoms with van der Waals surface area (Å²) in [4.78, 5) is 4.27. The Bertz CT molecular complexity index is 803. The molecule has 0 atom stereocenters. The minimum atomic E-state index is 0.00806. The van der Waals surface area contributed by atoms with Gasteiger partial charge in [0.15, 0.2) is 0 Å². The van der Waals surface area contributed by atoms with Crippen LogP contribution < -0.4 is 0 Å². The number of hydrogen-bond donors (Lipinski definition) is 1. The lowest BCUT2D eigenvalue weighted by Gasteiger charge is -2.05. The summed E-state index contributed by atoms with van der Waals surface area (Å²) in [5.74, 6) is 0.00806. The average Bonchev–Trinajstić information content (AvgIpc) is 2.47. The van der Waals surface area contributed by atoms with Crippen LogP contribution in [-0.2, 0) is 0 Å². The zero-order chi connectivity index (χ0) is 13.2. The lowest BCUT2D eigenvalue weighted by atomic mass is 10.0. The van der Waals surface area contributed by atoms with Crippen molar-refractivity contribution in [3.8, 4) is 22.9 Å². The lowest BCUT2D eigenvalue weighted by molar-refractivity contribution is 0.473. The molecule has 0 spiro atoms. The van der Waals surface area contributed by atoms with E-state index in [4.69, 9.17) is 5.26 Å². The number of fused-ring (bicyclic) bond motifs is 1. The first kappa shape index (κ1) is 11.2. The fraction of sp³-hybridized carbons (Fsp3) is 0. The van der Waals surface area contributed by atoms with Crippen LogP contribution in [0, 0.1) is 11.3 Å². The normalized spacial score (nSPS) is 10.3. The SMILES string of the molecule is N#Cc1cc(-c2ccc3ncccc3c2)ccc1O. The second-order valence-electron chi connectivity index (χ2n) is 4.25. The fourth-order valence-electron chi connectivity index (χ4n) is 2.06. The van der Waals surface area contributed by atoms with E-state index in [0.717, 1.165) is 22.0 Å². The maximum atomic E-state index is 9.52. The van der Waals surface area contributed by atoms with Gasteiger partial charge in [-0.3, -0.25) is 4.98 Å². The molecule has 19 heavy (non-hydrogen) atoms. The Morgan fingerprint density at radius 3 is 2.63 bits per heavy atom. The smallest absolute Gasteiger partial charge is 0.133 e. The summed E-state index contributed by atoms with van der Waals surface area (Å²) in [5.41, 5.74) is 3.12. The van der Waals surface area contributed by atoms with Crippen LogP contribution in [0.1, 0.15) is 5.56 Å². The lowest BCUT2D eigenvalue weighted by Crippen LogP contribution is -1.83. The molecule has 0 aliphatic rings. The molecule has 0 saturated heterocycles. The monoisotopic (exact) mass is 246 g/mol. The van der Waals surface area contributed by atoms with E-state index in [2.05, 4.69) is 4.98 Å². The van der Waals surface area contributed by atoms with Gasteiger partial charge >= 0.3 is 0 Å². The molecule has 1 N–H and O–H groups in total. The van der Waals surface area contributed by atoms with Crippen LogP contribution >= 0.6 is 0 Å². The number of nitriles is 1. The molecule has 0 aliphatic carbocycles. The molecular formula is C16H10N2O. The van der Waals surface area contributed by atoms with Crippen LogP contribution in [0.2, 0.25) is 0 Å². The predicted molar refractivity (Wildman–Crippen MR) is 73.6 cm³/mol. The van der Waals surface area contributed by atoms with Crippen LogP contribution in [0.4, 0.5) is 0 Å². The summed E-state index contributed by atoms with van der Waals surface area (Å²) in [6.45, 7) is 0. The summed E-state index contributed by atoms with van der Waals surface area (Å²) >= 11 is 0. The third-order valence-electron chi connectivity index (χ3n) is 3.05. The third kappa shape index (κ3) is 2.00. The minimum Gasteiger partial charge on any atom is -0.507 e. The summed E-state index contributed by atoms with van der Waals surface area (Å²) in [6, 6.07) is 16.8. The van der Waals surface area contributed by atoms with E-state index in [1.165, 1.54) is 0 Å². The molecule has 1 aromatic heterocycles. The molecule has 2 aromatic carbocycles. The molecule has 0 radical (unpaired) electrons. The number of phenolic OH excluding ortho intramolecular Hbond substituents is 1. The van der Waals surface area contributed by atoms with Gasteiger partial charge in [-0.1, -0.05) is 18.2 Å². The van der Waals surface area contributed by atoms with Crippen molar-refractivity contribution in [2.45, 2.75) is 0 Å². The quantitative estimate of drug-likeness (QED) is 0.715. The molecule has 3 heteroatoms. The molecule has 0 amide bonds. The Labute approximate surface area is 110 Å². The molecule has 0 bridgehead atoms. The van der Waals surface area contributed by atoms with E-state index >= 15 is 0 Å². The van der Waals surface area contributed by atoms with Crippen LogP contribution in [0.5, 0.6) is 5.75 Å². The second-order valence-corrected chi connectivity index (χ2v) is 4.25. The van der Waals surface area contributed by atoms with Crippen molar-refractivity contribution in [1.82, 2.24) is 4.98 Å². The molecule has 3 nitrogen and oxygen atoms in total. The van der Waals surface area contributed by atoms with Gasteiger partial charge in [0.1, 0.15) is 11.8 Å². The largest absolute Gasteiger partial charge is 0.507 e. The van der Waals surface area contributed by atoms with Gasteiger partial charge < -0.3 is 5.11 Å². The first-order valence-corrected chi connectivity index (χ1v) is 5.86. The van der Waals surface area contributed by atoms with Crippen LogP contribution in [0.15, 0.2) is 54.7 Å². The van der Waals surface area contributed by atoms with E-state index in [0.29, 0.717) is 0 Å². The second kappa shape index (κ2) is 4.43. The highest BCUT2D eigenvalue weighted by atomic mass is 16.3. The molecule has 0 saturated carbocycles. The number of nitrogens with zero attached hydrogens (tertiary/aromatic N) is 2. The average molecular weight is 246 g/mol. The fourth-order valence-corrected chi connectivity index (χ4v) is 2.06. The highest BCUT2D eigenvalue weighted by molar-refractivity contribution is 5.84. The first-order valence-electron chi connectivity index (χ1n) is 5.86. The van der Waals surface area contributed by atoms with E-state index in [1.54, 1.807) is 24.4 Å². The Morgan fingerprint density at radius 1 is 1.00 bits per heavy atom. The van der Waals surface area contributed by atoms with Crippen molar-refractivity contribution in [2.24, 2.45) is 0 Å². The van der Waals surface area contributed by atoms with E-state index in [-0.39, 0.29) is 11.3 Å². The molecule has 0 aliphatic heterocycles. The predicted octanol–water partition coefficient (Wildman–Crippen LogP) is 3.48. The Morgan fingerprint density at radius 2 is 1.79 bits per heavy atom. The highest BCUT2D eigenvalue weighted by Gasteiger charge is 2.04. The number of benzene rings is 2. The Hall–Kier alpha value is -2.86. The zero-order valence-corrected chi connectivity index (χ0v) is 10.0. The summed E-state index contributed by atoms with van der Waals surface area (Å²) < 4.78 is 0. The van der Waals surface area contributed by atoms with Gasteiger partial charge in [-0.05, 0) is 41.5 Å². The van der Waals surface area contributed by atoms with Gasteiger partial charge in [0.25, 0.3) is 0 Å². The van der Waals surface area contributed by atoms with Gasteiger partial charge in [-0.2, -0.15) is 5.26 Å². The van der Waals surface area contributed by atoms with E-state index in [9.17, 15) is 5.11 Å². The van der Waals surface area contributed by atoms with E-state index in [1.807, 2.05) is 36.4 Å². The molecule has 3 rings (SSSR count). The van der Waals surface area contributed by atoms with Crippen LogP contribution in [0.25, 0.3) is 22.0 Å². The number of hydrogen-bond acceptors (Lipinski definition) is 3. The minimum absolute atomic E-state index is 0.00806. The van der Waals surface area contributed by atoms with Crippen LogP contribution in [-0.4, -0.2) is 10.1 Å². The first-order chi connectivity index (χ1) is 9.28. The molecule has 0 unspecified atom stereocenters. The molecule has 0 fully saturated rings. The van der Waals surface area contributed by atoms with Gasteiger partial charge in [-0.15, -0.1) is 0 Å². The molecule has 3 aromatic rings. The van der Waals surface area contributed by atoms with Crippen molar-refractivity contribution in [3.05, 3.63) is 60.3 Å². The van der Waals surface area contributed by atoms with Crippen molar-refractivity contribution in [1.29, 1.82) is 5.26 Å². The van der Waals surface area contributed by atoms with Gasteiger partial charge in [0.05, 0.1) is 11.1 Å². The number of pyridine rings is 1. The topological polar surface area (TPSA) is 56.9 Å². The van der Waals surface area contributed by atoms with Crippen LogP contribution in [0.3, 0.4) is 0 Å². The van der Waals surface area contributed by atoms with Crippen molar-refractivity contribution >= 4 is 10.9 Å². The zero-order valence-electron chi connectivity index (χ0n) is 10.0. The maximum Gasteiger partial charge on any atom is 0.133 e. The summed E-state index contributed by atoms with van der Waals surface area (Å²) in [6.07, 6.45) is 1.76. The maximum absolute atomic E-state index is 9.52. The van der Waals surface area contributed by atoms with Crippen molar-refractivity contribution in [3.63, 3.8) is 0 Å². The number of rotatable bonds is 1. The number of phenols is 1.